The smallest absolute Gasteiger partial charge is 0.293 e. The number of hydrogen-bond donors (Lipinski definition) is 0. The molecule has 1 fully saturated rings. The van der Waals surface area contributed by atoms with Crippen molar-refractivity contribution in [3.8, 4) is 22.9 Å². The van der Waals surface area contributed by atoms with Gasteiger partial charge in [0.15, 0.2) is 0 Å². The largest absolute Gasteiger partial charge is 0.416 e. The molecule has 0 saturated carbocycles. The van der Waals surface area contributed by atoms with E-state index in [0.717, 1.165) is 31.5 Å². The lowest BCUT2D eigenvalue weighted by molar-refractivity contribution is -0.384. The Balaban J connectivity index is 1.67. The van der Waals surface area contributed by atoms with Crippen molar-refractivity contribution >= 4 is 11.4 Å². The fraction of sp³-hybridized carbons (Fsp3) is 0.300. The molecule has 3 aromatic rings. The zero-order valence-corrected chi connectivity index (χ0v) is 14.9. The Hall–Kier alpha value is -3.22. The van der Waals surface area contributed by atoms with Gasteiger partial charge in [0.25, 0.3) is 5.69 Å². The van der Waals surface area contributed by atoms with Gasteiger partial charge in [0.05, 0.1) is 4.92 Å². The molecule has 2 heterocycles. The van der Waals surface area contributed by atoms with Crippen molar-refractivity contribution < 1.29 is 9.34 Å². The van der Waals surface area contributed by atoms with Crippen LogP contribution in [0.1, 0.15) is 25.7 Å². The third-order valence-electron chi connectivity index (χ3n) is 4.81. The van der Waals surface area contributed by atoms with E-state index in [9.17, 15) is 10.1 Å². The fourth-order valence-electron chi connectivity index (χ4n) is 3.42. The highest BCUT2D eigenvalue weighted by Gasteiger charge is 2.23. The summed E-state index contributed by atoms with van der Waals surface area (Å²) in [6.45, 7) is 1.69. The summed E-state index contributed by atoms with van der Waals surface area (Å²) in [7, 11) is 0. The van der Waals surface area contributed by atoms with E-state index in [4.69, 9.17) is 4.42 Å². The highest BCUT2D eigenvalue weighted by Crippen LogP contribution is 2.34. The average molecular weight is 364 g/mol. The summed E-state index contributed by atoms with van der Waals surface area (Å²) in [6, 6.07) is 14.6. The molecule has 0 unspecified atom stereocenters. The van der Waals surface area contributed by atoms with Crippen LogP contribution >= 0.6 is 0 Å². The first kappa shape index (κ1) is 17.2. The maximum Gasteiger partial charge on any atom is 0.293 e. The first-order chi connectivity index (χ1) is 13.2. The van der Waals surface area contributed by atoms with Gasteiger partial charge in [0.1, 0.15) is 5.69 Å². The third kappa shape index (κ3) is 3.67. The summed E-state index contributed by atoms with van der Waals surface area (Å²) in [4.78, 5) is 13.4. The van der Waals surface area contributed by atoms with E-state index >= 15 is 0 Å². The van der Waals surface area contributed by atoms with E-state index < -0.39 is 0 Å². The summed E-state index contributed by atoms with van der Waals surface area (Å²) in [5, 5.41) is 19.8. The van der Waals surface area contributed by atoms with E-state index in [1.54, 1.807) is 6.07 Å². The lowest BCUT2D eigenvalue weighted by Crippen LogP contribution is -2.24. The number of nitro benzene ring substituents is 1. The number of anilines is 1. The molecular weight excluding hydrogens is 344 g/mol. The predicted molar refractivity (Wildman–Crippen MR) is 103 cm³/mol. The molecule has 0 spiro atoms. The first-order valence-corrected chi connectivity index (χ1v) is 9.15. The minimum Gasteiger partial charge on any atom is -0.416 e. The standard InChI is InChI=1S/C20H20N4O3/c25-24(26)18-14-16(10-11-17(18)23-12-6-1-2-7-13-23)20-22-21-19(27-20)15-8-4-3-5-9-15/h3-5,8-11,14H,1-2,6-7,12-13H2. The zero-order valence-electron chi connectivity index (χ0n) is 14.9. The fourth-order valence-corrected chi connectivity index (χ4v) is 3.42. The van der Waals surface area contributed by atoms with Crippen LogP contribution in [-0.4, -0.2) is 28.2 Å². The molecule has 0 N–H and O–H groups in total. The van der Waals surface area contributed by atoms with Crippen LogP contribution in [0, 0.1) is 10.1 Å². The van der Waals surface area contributed by atoms with E-state index in [2.05, 4.69) is 15.1 Å². The van der Waals surface area contributed by atoms with Crippen LogP contribution < -0.4 is 4.90 Å². The van der Waals surface area contributed by atoms with Crippen LogP contribution in [0.5, 0.6) is 0 Å². The maximum atomic E-state index is 11.7. The van der Waals surface area contributed by atoms with Gasteiger partial charge in [-0.1, -0.05) is 31.0 Å². The number of rotatable bonds is 4. The van der Waals surface area contributed by atoms with Gasteiger partial charge in [0.2, 0.25) is 11.8 Å². The minimum absolute atomic E-state index is 0.0776. The summed E-state index contributed by atoms with van der Waals surface area (Å²) in [5.74, 6) is 0.671. The second kappa shape index (κ2) is 7.57. The molecule has 27 heavy (non-hydrogen) atoms. The van der Waals surface area contributed by atoms with Gasteiger partial charge in [-0.3, -0.25) is 10.1 Å². The Morgan fingerprint density at radius 3 is 2.22 bits per heavy atom. The average Bonchev–Trinajstić information content (AvgIpc) is 3.04. The van der Waals surface area contributed by atoms with Gasteiger partial charge < -0.3 is 9.32 Å². The van der Waals surface area contributed by atoms with Crippen LogP contribution in [-0.2, 0) is 0 Å². The second-order valence-electron chi connectivity index (χ2n) is 6.64. The Morgan fingerprint density at radius 1 is 0.889 bits per heavy atom. The summed E-state index contributed by atoms with van der Waals surface area (Å²) in [6.07, 6.45) is 4.46. The van der Waals surface area contributed by atoms with Crippen LogP contribution in [0.3, 0.4) is 0 Å². The summed E-state index contributed by atoms with van der Waals surface area (Å²) in [5.41, 5.74) is 2.10. The number of benzene rings is 2. The Bertz CT molecular complexity index is 931. The van der Waals surface area contributed by atoms with Crippen LogP contribution in [0.15, 0.2) is 52.9 Å². The van der Waals surface area contributed by atoms with E-state index in [-0.39, 0.29) is 16.5 Å². The molecule has 7 heteroatoms. The molecule has 4 rings (SSSR count). The molecule has 0 amide bonds. The topological polar surface area (TPSA) is 85.3 Å². The molecule has 2 aromatic carbocycles. The van der Waals surface area contributed by atoms with Crippen LogP contribution in [0.4, 0.5) is 11.4 Å². The molecule has 0 aliphatic carbocycles. The van der Waals surface area contributed by atoms with Gasteiger partial charge >= 0.3 is 0 Å². The summed E-state index contributed by atoms with van der Waals surface area (Å²) >= 11 is 0. The Morgan fingerprint density at radius 2 is 1.56 bits per heavy atom. The lowest BCUT2D eigenvalue weighted by atomic mass is 10.1. The van der Waals surface area contributed by atoms with Gasteiger partial charge in [-0.15, -0.1) is 10.2 Å². The zero-order chi connectivity index (χ0) is 18.6. The van der Waals surface area contributed by atoms with Crippen molar-refractivity contribution in [3.05, 3.63) is 58.6 Å². The Kier molecular flexibility index (Phi) is 4.82. The van der Waals surface area contributed by atoms with Gasteiger partial charge in [-0.2, -0.15) is 0 Å². The van der Waals surface area contributed by atoms with Crippen LogP contribution in [0.25, 0.3) is 22.9 Å². The normalized spacial score (nSPS) is 14.7. The van der Waals surface area contributed by atoms with E-state index in [1.165, 1.54) is 18.9 Å². The lowest BCUT2D eigenvalue weighted by Gasteiger charge is -2.22. The number of nitro groups is 1. The van der Waals surface area contributed by atoms with Gasteiger partial charge in [0, 0.05) is 30.3 Å². The van der Waals surface area contributed by atoms with Crippen molar-refractivity contribution in [2.24, 2.45) is 0 Å². The monoisotopic (exact) mass is 364 g/mol. The van der Waals surface area contributed by atoms with Crippen molar-refractivity contribution in [1.82, 2.24) is 10.2 Å². The van der Waals surface area contributed by atoms with Crippen molar-refractivity contribution in [1.29, 1.82) is 0 Å². The number of nitrogens with zero attached hydrogens (tertiary/aromatic N) is 4. The minimum atomic E-state index is -0.335. The molecular formula is C20H20N4O3. The second-order valence-corrected chi connectivity index (χ2v) is 6.64. The SMILES string of the molecule is O=[N+]([O-])c1cc(-c2nnc(-c3ccccc3)o2)ccc1N1CCCCCC1. The molecule has 1 aliphatic rings. The molecule has 7 nitrogen and oxygen atoms in total. The Labute approximate surface area is 156 Å². The van der Waals surface area contributed by atoms with E-state index in [0.29, 0.717) is 17.1 Å². The number of aromatic nitrogens is 2. The predicted octanol–water partition coefficient (Wildman–Crippen LogP) is 4.69. The van der Waals surface area contributed by atoms with Crippen molar-refractivity contribution in [2.45, 2.75) is 25.7 Å². The number of hydrogen-bond acceptors (Lipinski definition) is 6. The summed E-state index contributed by atoms with van der Waals surface area (Å²) < 4.78 is 5.74. The van der Waals surface area contributed by atoms with Crippen LogP contribution in [0.2, 0.25) is 0 Å². The molecule has 1 aliphatic heterocycles. The van der Waals surface area contributed by atoms with Gasteiger partial charge in [-0.25, -0.2) is 0 Å². The molecule has 0 atom stereocenters. The molecule has 1 aromatic heterocycles. The highest BCUT2D eigenvalue weighted by atomic mass is 16.6. The third-order valence-corrected chi connectivity index (χ3v) is 4.81. The quantitative estimate of drug-likeness (QED) is 0.493. The highest BCUT2D eigenvalue weighted by molar-refractivity contribution is 5.71. The van der Waals surface area contributed by atoms with E-state index in [1.807, 2.05) is 36.4 Å². The molecule has 0 bridgehead atoms. The first-order valence-electron chi connectivity index (χ1n) is 9.15. The van der Waals surface area contributed by atoms with Crippen molar-refractivity contribution in [3.63, 3.8) is 0 Å². The maximum absolute atomic E-state index is 11.7. The molecule has 1 saturated heterocycles. The molecule has 0 radical (unpaired) electrons. The van der Waals surface area contributed by atoms with Gasteiger partial charge in [-0.05, 0) is 37.1 Å². The molecule has 138 valence electrons. The van der Waals surface area contributed by atoms with Crippen molar-refractivity contribution in [2.75, 3.05) is 18.0 Å².